The van der Waals surface area contributed by atoms with Crippen molar-refractivity contribution >= 4 is 56.9 Å². The largest absolute Gasteiger partial charge is 0.456 e. The number of fused-ring (bicyclic) bond motifs is 1. The normalized spacial score (nSPS) is 15.1. The van der Waals surface area contributed by atoms with Crippen LogP contribution in [0.15, 0.2) is 18.2 Å². The van der Waals surface area contributed by atoms with Gasteiger partial charge in [-0.3, -0.25) is 0 Å². The molecule has 0 radical (unpaired) electrons. The van der Waals surface area contributed by atoms with E-state index < -0.39 is 11.6 Å². The van der Waals surface area contributed by atoms with Crippen LogP contribution < -0.4 is 4.90 Å². The molecule has 0 spiro atoms. The smallest absolute Gasteiger partial charge is 0.340 e. The van der Waals surface area contributed by atoms with Crippen LogP contribution in [0, 0.1) is 3.57 Å². The Balaban J connectivity index is 2.10. The van der Waals surface area contributed by atoms with Gasteiger partial charge in [0.2, 0.25) is 0 Å². The summed E-state index contributed by atoms with van der Waals surface area (Å²) in [6.45, 7) is 7.59. The highest BCUT2D eigenvalue weighted by Gasteiger charge is 2.24. The molecule has 0 aliphatic carbocycles. The lowest BCUT2D eigenvalue weighted by Gasteiger charge is -2.21. The van der Waals surface area contributed by atoms with E-state index in [0.717, 1.165) is 33.4 Å². The van der Waals surface area contributed by atoms with E-state index in [4.69, 9.17) is 21.3 Å². The molecule has 0 amide bonds. The Morgan fingerprint density at radius 1 is 1.29 bits per heavy atom. The minimum absolute atomic E-state index is 0.391. The van der Waals surface area contributed by atoms with Crippen LogP contribution in [0.5, 0.6) is 0 Å². The third-order valence-corrected chi connectivity index (χ3v) is 5.02. The van der Waals surface area contributed by atoms with E-state index >= 15 is 0 Å². The van der Waals surface area contributed by atoms with E-state index in [-0.39, 0.29) is 0 Å². The molecule has 1 aliphatic rings. The summed E-state index contributed by atoms with van der Waals surface area (Å²) in [5.74, 6) is 0.542. The molecule has 1 fully saturated rings. The van der Waals surface area contributed by atoms with E-state index in [2.05, 4.69) is 27.5 Å². The first kappa shape index (κ1) is 17.7. The SMILES string of the molecule is CC(C)(C)OC(=O)c1c(Cl)cc(I)c2nc(N3CCCC3)ccc12. The molecule has 4 nitrogen and oxygen atoms in total. The molecule has 0 unspecified atom stereocenters. The molecule has 128 valence electrons. The first-order valence-electron chi connectivity index (χ1n) is 8.03. The third kappa shape index (κ3) is 3.61. The highest BCUT2D eigenvalue weighted by molar-refractivity contribution is 14.1. The van der Waals surface area contributed by atoms with Gasteiger partial charge in [-0.15, -0.1) is 0 Å². The lowest BCUT2D eigenvalue weighted by Crippen LogP contribution is -2.24. The molecule has 1 aromatic heterocycles. The Bertz CT molecular complexity index is 796. The van der Waals surface area contributed by atoms with Gasteiger partial charge in [0.15, 0.2) is 0 Å². The number of halogens is 2. The van der Waals surface area contributed by atoms with Gasteiger partial charge in [0.25, 0.3) is 0 Å². The van der Waals surface area contributed by atoms with Crippen LogP contribution in [-0.4, -0.2) is 29.6 Å². The molecule has 0 N–H and O–H groups in total. The van der Waals surface area contributed by atoms with Gasteiger partial charge in [-0.1, -0.05) is 11.6 Å². The van der Waals surface area contributed by atoms with Crippen LogP contribution in [0.2, 0.25) is 5.02 Å². The van der Waals surface area contributed by atoms with Crippen LogP contribution in [0.3, 0.4) is 0 Å². The molecule has 2 aromatic rings. The molecule has 0 atom stereocenters. The zero-order valence-electron chi connectivity index (χ0n) is 14.0. The number of carbonyl (C=O) groups is 1. The van der Waals surface area contributed by atoms with E-state index in [1.165, 1.54) is 12.8 Å². The van der Waals surface area contributed by atoms with Gasteiger partial charge in [0.1, 0.15) is 11.4 Å². The van der Waals surface area contributed by atoms with Crippen molar-refractivity contribution in [1.82, 2.24) is 4.98 Å². The number of benzene rings is 1. The summed E-state index contributed by atoms with van der Waals surface area (Å²) in [6, 6.07) is 5.68. The van der Waals surface area contributed by atoms with Gasteiger partial charge >= 0.3 is 5.97 Å². The van der Waals surface area contributed by atoms with Gasteiger partial charge < -0.3 is 9.64 Å². The lowest BCUT2D eigenvalue weighted by atomic mass is 10.1. The average molecular weight is 459 g/mol. The summed E-state index contributed by atoms with van der Waals surface area (Å²) in [5.41, 5.74) is 0.617. The number of nitrogens with zero attached hydrogens (tertiary/aromatic N) is 2. The van der Waals surface area contributed by atoms with Crippen molar-refractivity contribution in [3.63, 3.8) is 0 Å². The van der Waals surface area contributed by atoms with Crippen LogP contribution in [0.25, 0.3) is 10.9 Å². The Hall–Kier alpha value is -1.08. The number of aromatic nitrogens is 1. The number of hydrogen-bond acceptors (Lipinski definition) is 4. The highest BCUT2D eigenvalue weighted by atomic mass is 127. The van der Waals surface area contributed by atoms with Crippen molar-refractivity contribution in [3.05, 3.63) is 32.4 Å². The second-order valence-corrected chi connectivity index (χ2v) is 8.55. The molecular weight excluding hydrogens is 439 g/mol. The average Bonchev–Trinajstić information content (AvgIpc) is 2.99. The number of anilines is 1. The Morgan fingerprint density at radius 2 is 1.96 bits per heavy atom. The van der Waals surface area contributed by atoms with E-state index in [0.29, 0.717) is 10.6 Å². The Morgan fingerprint density at radius 3 is 2.58 bits per heavy atom. The number of pyridine rings is 1. The van der Waals surface area contributed by atoms with Gasteiger partial charge in [-0.25, -0.2) is 9.78 Å². The third-order valence-electron chi connectivity index (χ3n) is 3.90. The molecule has 1 saturated heterocycles. The number of rotatable bonds is 2. The summed E-state index contributed by atoms with van der Waals surface area (Å²) >= 11 is 8.57. The monoisotopic (exact) mass is 458 g/mol. The van der Waals surface area contributed by atoms with E-state index in [9.17, 15) is 4.79 Å². The highest BCUT2D eigenvalue weighted by Crippen LogP contribution is 2.33. The second-order valence-electron chi connectivity index (χ2n) is 6.98. The molecule has 0 bridgehead atoms. The molecular formula is C18H20ClIN2O2. The summed E-state index contributed by atoms with van der Waals surface area (Å²) in [6.07, 6.45) is 2.39. The second kappa shape index (κ2) is 6.67. The van der Waals surface area contributed by atoms with E-state index in [1.54, 1.807) is 6.07 Å². The maximum absolute atomic E-state index is 12.6. The minimum atomic E-state index is -0.571. The first-order chi connectivity index (χ1) is 11.3. The topological polar surface area (TPSA) is 42.4 Å². The van der Waals surface area contributed by atoms with Crippen LogP contribution in [-0.2, 0) is 4.74 Å². The summed E-state index contributed by atoms with van der Waals surface area (Å²) in [4.78, 5) is 19.7. The molecule has 0 saturated carbocycles. The predicted octanol–water partition coefficient (Wildman–Crippen LogP) is 5.05. The summed E-state index contributed by atoms with van der Waals surface area (Å²) in [5, 5.41) is 1.14. The first-order valence-corrected chi connectivity index (χ1v) is 9.49. The van der Waals surface area contributed by atoms with Gasteiger partial charge in [-0.2, -0.15) is 0 Å². The number of esters is 1. The van der Waals surface area contributed by atoms with Crippen molar-refractivity contribution in [3.8, 4) is 0 Å². The van der Waals surface area contributed by atoms with Gasteiger partial charge in [0, 0.05) is 22.0 Å². The fourth-order valence-corrected chi connectivity index (χ4v) is 4.07. The van der Waals surface area contributed by atoms with Crippen molar-refractivity contribution < 1.29 is 9.53 Å². The number of hydrogen-bond donors (Lipinski definition) is 0. The van der Waals surface area contributed by atoms with Crippen LogP contribution >= 0.6 is 34.2 Å². The predicted molar refractivity (Wildman–Crippen MR) is 106 cm³/mol. The Labute approximate surface area is 160 Å². The minimum Gasteiger partial charge on any atom is -0.456 e. The molecule has 3 rings (SSSR count). The van der Waals surface area contributed by atoms with Crippen molar-refractivity contribution in [2.24, 2.45) is 0 Å². The zero-order chi connectivity index (χ0) is 17.5. The number of carbonyl (C=O) groups excluding carboxylic acids is 1. The fourth-order valence-electron chi connectivity index (χ4n) is 2.87. The van der Waals surface area contributed by atoms with Crippen LogP contribution in [0.1, 0.15) is 44.0 Å². The quantitative estimate of drug-likeness (QED) is 0.467. The van der Waals surface area contributed by atoms with Crippen LogP contribution in [0.4, 0.5) is 5.82 Å². The maximum Gasteiger partial charge on any atom is 0.340 e. The summed E-state index contributed by atoms with van der Waals surface area (Å²) < 4.78 is 6.45. The molecule has 24 heavy (non-hydrogen) atoms. The molecule has 2 heterocycles. The van der Waals surface area contributed by atoms with Crippen molar-refractivity contribution in [2.45, 2.75) is 39.2 Å². The fraction of sp³-hybridized carbons (Fsp3) is 0.444. The van der Waals surface area contributed by atoms with Gasteiger partial charge in [0.05, 0.1) is 16.1 Å². The van der Waals surface area contributed by atoms with Crippen molar-refractivity contribution in [1.29, 1.82) is 0 Å². The molecule has 1 aromatic carbocycles. The number of ether oxygens (including phenoxy) is 1. The zero-order valence-corrected chi connectivity index (χ0v) is 16.9. The molecule has 6 heteroatoms. The lowest BCUT2D eigenvalue weighted by molar-refractivity contribution is 0.00720. The molecule has 1 aliphatic heterocycles. The van der Waals surface area contributed by atoms with Crippen molar-refractivity contribution in [2.75, 3.05) is 18.0 Å². The van der Waals surface area contributed by atoms with Gasteiger partial charge in [-0.05, 0) is 74.4 Å². The maximum atomic E-state index is 12.6. The van der Waals surface area contributed by atoms with E-state index in [1.807, 2.05) is 32.9 Å². The Kier molecular flexibility index (Phi) is 4.93. The summed E-state index contributed by atoms with van der Waals surface area (Å²) in [7, 11) is 0. The standard InChI is InChI=1S/C18H20ClIN2O2/c1-18(2,3)24-17(23)15-11-6-7-14(22-8-4-5-9-22)21-16(11)13(20)10-12(15)19/h6-7,10H,4-5,8-9H2,1-3H3.